The average molecular weight is 383 g/mol. The Labute approximate surface area is 156 Å². The van der Waals surface area contributed by atoms with Gasteiger partial charge in [-0.1, -0.05) is 23.2 Å². The molecule has 1 amide bonds. The van der Waals surface area contributed by atoms with Crippen molar-refractivity contribution in [2.24, 2.45) is 5.41 Å². The minimum Gasteiger partial charge on any atom is -0.492 e. The smallest absolute Gasteiger partial charge is 0.248 e. The second-order valence-electron chi connectivity index (χ2n) is 6.50. The second-order valence-corrected chi connectivity index (χ2v) is 7.37. The van der Waals surface area contributed by atoms with Crippen molar-refractivity contribution in [2.75, 3.05) is 6.61 Å². The number of pyridine rings is 1. The second kappa shape index (κ2) is 7.93. The Kier molecular flexibility index (Phi) is 6.14. The predicted molar refractivity (Wildman–Crippen MR) is 99.4 cm³/mol. The standard InChI is InChI=1S/C18H20Cl2N2O3/c1-11-4-12(5-16(23)22-11)9-21-17(24)18(2,3)10-25-15-7-13(19)6-14(20)8-15/h4-8H,9-10H2,1-3H3,(H,21,24)(H,22,23). The van der Waals surface area contributed by atoms with Crippen LogP contribution in [0.25, 0.3) is 0 Å². The lowest BCUT2D eigenvalue weighted by molar-refractivity contribution is -0.131. The quantitative estimate of drug-likeness (QED) is 0.799. The third-order valence-corrected chi connectivity index (χ3v) is 3.98. The fourth-order valence-electron chi connectivity index (χ4n) is 2.22. The van der Waals surface area contributed by atoms with Crippen molar-refractivity contribution in [3.8, 4) is 5.75 Å². The molecule has 2 rings (SSSR count). The van der Waals surface area contributed by atoms with E-state index in [1.54, 1.807) is 39.0 Å². The molecule has 0 aliphatic carbocycles. The number of carbonyl (C=O) groups is 1. The van der Waals surface area contributed by atoms with Crippen LogP contribution >= 0.6 is 23.2 Å². The monoisotopic (exact) mass is 382 g/mol. The maximum absolute atomic E-state index is 12.4. The van der Waals surface area contributed by atoms with Crippen molar-refractivity contribution in [1.29, 1.82) is 0 Å². The summed E-state index contributed by atoms with van der Waals surface area (Å²) in [6, 6.07) is 8.17. The Morgan fingerprint density at radius 3 is 2.40 bits per heavy atom. The van der Waals surface area contributed by atoms with Gasteiger partial charge in [0.15, 0.2) is 0 Å². The molecular formula is C18H20Cl2N2O3. The highest BCUT2D eigenvalue weighted by atomic mass is 35.5. The van der Waals surface area contributed by atoms with E-state index in [-0.39, 0.29) is 24.6 Å². The Bertz CT molecular complexity index is 811. The highest BCUT2D eigenvalue weighted by molar-refractivity contribution is 6.34. The first-order chi connectivity index (χ1) is 11.7. The number of aromatic amines is 1. The molecule has 134 valence electrons. The van der Waals surface area contributed by atoms with E-state index in [9.17, 15) is 9.59 Å². The minimum absolute atomic E-state index is 0.157. The summed E-state index contributed by atoms with van der Waals surface area (Å²) in [6.45, 7) is 5.77. The zero-order valence-electron chi connectivity index (χ0n) is 14.3. The van der Waals surface area contributed by atoms with Crippen LogP contribution in [0.1, 0.15) is 25.1 Å². The summed E-state index contributed by atoms with van der Waals surface area (Å²) in [5, 5.41) is 3.76. The maximum atomic E-state index is 12.4. The van der Waals surface area contributed by atoms with Gasteiger partial charge in [-0.25, -0.2) is 0 Å². The van der Waals surface area contributed by atoms with Gasteiger partial charge in [-0.15, -0.1) is 0 Å². The number of aromatic nitrogens is 1. The number of ether oxygens (including phenoxy) is 1. The minimum atomic E-state index is -0.773. The molecule has 0 spiro atoms. The van der Waals surface area contributed by atoms with Crippen molar-refractivity contribution in [1.82, 2.24) is 10.3 Å². The Hall–Kier alpha value is -1.98. The predicted octanol–water partition coefficient (Wildman–Crippen LogP) is 3.71. The lowest BCUT2D eigenvalue weighted by Crippen LogP contribution is -2.40. The molecule has 0 unspecified atom stereocenters. The van der Waals surface area contributed by atoms with Gasteiger partial charge in [0.1, 0.15) is 12.4 Å². The number of aryl methyl sites for hydroxylation is 1. The fraction of sp³-hybridized carbons (Fsp3) is 0.333. The molecule has 0 atom stereocenters. The first-order valence-corrected chi connectivity index (χ1v) is 8.48. The molecule has 7 heteroatoms. The number of benzene rings is 1. The number of hydrogen-bond acceptors (Lipinski definition) is 3. The molecule has 2 N–H and O–H groups in total. The lowest BCUT2D eigenvalue weighted by atomic mass is 9.93. The van der Waals surface area contributed by atoms with E-state index >= 15 is 0 Å². The van der Waals surface area contributed by atoms with Gasteiger partial charge in [-0.2, -0.15) is 0 Å². The van der Waals surface area contributed by atoms with E-state index in [0.717, 1.165) is 11.3 Å². The van der Waals surface area contributed by atoms with Gasteiger partial charge < -0.3 is 15.0 Å². The van der Waals surface area contributed by atoms with Crippen LogP contribution in [0.5, 0.6) is 5.75 Å². The zero-order chi connectivity index (χ0) is 18.6. The summed E-state index contributed by atoms with van der Waals surface area (Å²) in [7, 11) is 0. The average Bonchev–Trinajstić information content (AvgIpc) is 2.49. The van der Waals surface area contributed by atoms with Crippen LogP contribution in [0.4, 0.5) is 0 Å². The van der Waals surface area contributed by atoms with E-state index < -0.39 is 5.41 Å². The molecule has 0 saturated heterocycles. The van der Waals surface area contributed by atoms with Crippen LogP contribution in [0.2, 0.25) is 10.0 Å². The highest BCUT2D eigenvalue weighted by Crippen LogP contribution is 2.26. The van der Waals surface area contributed by atoms with Crippen LogP contribution in [0, 0.1) is 12.3 Å². The van der Waals surface area contributed by atoms with Gasteiger partial charge in [-0.05, 0) is 50.6 Å². The van der Waals surface area contributed by atoms with Crippen LogP contribution in [-0.2, 0) is 11.3 Å². The summed E-state index contributed by atoms with van der Waals surface area (Å²) in [5.74, 6) is 0.321. The zero-order valence-corrected chi connectivity index (χ0v) is 15.8. The normalized spacial score (nSPS) is 11.2. The van der Waals surface area contributed by atoms with Gasteiger partial charge in [0.05, 0.1) is 5.41 Å². The van der Waals surface area contributed by atoms with Crippen molar-refractivity contribution < 1.29 is 9.53 Å². The number of halogens is 2. The molecular weight excluding hydrogens is 363 g/mol. The largest absolute Gasteiger partial charge is 0.492 e. The van der Waals surface area contributed by atoms with Gasteiger partial charge in [0.25, 0.3) is 0 Å². The Balaban J connectivity index is 1.95. The molecule has 0 saturated carbocycles. The van der Waals surface area contributed by atoms with Gasteiger partial charge in [0, 0.05) is 28.4 Å². The molecule has 5 nitrogen and oxygen atoms in total. The van der Waals surface area contributed by atoms with E-state index in [0.29, 0.717) is 15.8 Å². The number of amides is 1. The number of hydrogen-bond donors (Lipinski definition) is 2. The van der Waals surface area contributed by atoms with E-state index in [2.05, 4.69) is 10.3 Å². The summed E-state index contributed by atoms with van der Waals surface area (Å²) in [5.41, 5.74) is 0.528. The first-order valence-electron chi connectivity index (χ1n) is 7.73. The number of rotatable bonds is 6. The van der Waals surface area contributed by atoms with Crippen molar-refractivity contribution in [2.45, 2.75) is 27.3 Å². The molecule has 0 radical (unpaired) electrons. The van der Waals surface area contributed by atoms with Crippen molar-refractivity contribution in [3.63, 3.8) is 0 Å². The summed E-state index contributed by atoms with van der Waals surface area (Å²) >= 11 is 11.9. The van der Waals surface area contributed by atoms with Crippen molar-refractivity contribution in [3.05, 3.63) is 62.0 Å². The van der Waals surface area contributed by atoms with Crippen LogP contribution in [-0.4, -0.2) is 17.5 Å². The number of nitrogens with one attached hydrogen (secondary N) is 2. The Morgan fingerprint density at radius 2 is 1.80 bits per heavy atom. The van der Waals surface area contributed by atoms with Gasteiger partial charge in [-0.3, -0.25) is 9.59 Å². The van der Waals surface area contributed by atoms with E-state index in [1.807, 2.05) is 6.07 Å². The lowest BCUT2D eigenvalue weighted by Gasteiger charge is -2.24. The third kappa shape index (κ3) is 5.80. The van der Waals surface area contributed by atoms with Crippen LogP contribution in [0.3, 0.4) is 0 Å². The molecule has 1 aromatic carbocycles. The van der Waals surface area contributed by atoms with Crippen LogP contribution in [0.15, 0.2) is 35.1 Å². The molecule has 0 aliphatic heterocycles. The molecule has 25 heavy (non-hydrogen) atoms. The topological polar surface area (TPSA) is 71.2 Å². The van der Waals surface area contributed by atoms with Crippen LogP contribution < -0.4 is 15.6 Å². The molecule has 0 aliphatic rings. The molecule has 2 aromatic rings. The summed E-state index contributed by atoms with van der Waals surface area (Å²) < 4.78 is 5.66. The fourth-order valence-corrected chi connectivity index (χ4v) is 2.73. The molecule has 0 bridgehead atoms. The SMILES string of the molecule is Cc1cc(CNC(=O)C(C)(C)COc2cc(Cl)cc(Cl)c2)cc(=O)[nH]1. The van der Waals surface area contributed by atoms with Gasteiger partial charge >= 0.3 is 0 Å². The maximum Gasteiger partial charge on any atom is 0.248 e. The van der Waals surface area contributed by atoms with E-state index in [1.165, 1.54) is 6.07 Å². The van der Waals surface area contributed by atoms with E-state index in [4.69, 9.17) is 27.9 Å². The first kappa shape index (κ1) is 19.3. The molecule has 1 aromatic heterocycles. The number of carbonyl (C=O) groups excluding carboxylic acids is 1. The summed E-state index contributed by atoms with van der Waals surface area (Å²) in [4.78, 5) is 26.6. The summed E-state index contributed by atoms with van der Waals surface area (Å²) in [6.07, 6.45) is 0. The van der Waals surface area contributed by atoms with Gasteiger partial charge in [0.2, 0.25) is 11.5 Å². The number of H-pyrrole nitrogens is 1. The highest BCUT2D eigenvalue weighted by Gasteiger charge is 2.28. The molecule has 0 fully saturated rings. The molecule has 1 heterocycles. The Morgan fingerprint density at radius 1 is 1.16 bits per heavy atom. The van der Waals surface area contributed by atoms with Crippen molar-refractivity contribution >= 4 is 29.1 Å². The third-order valence-electron chi connectivity index (χ3n) is 3.54.